The minimum absolute atomic E-state index is 0.194. The first-order valence-electron chi connectivity index (χ1n) is 6.10. The average Bonchev–Trinajstić information content (AvgIpc) is 2.47. The summed E-state index contributed by atoms with van der Waals surface area (Å²) in [5, 5.41) is 3.01. The van der Waals surface area contributed by atoms with E-state index >= 15 is 0 Å². The Hall–Kier alpha value is -1.86. The summed E-state index contributed by atoms with van der Waals surface area (Å²) in [5.74, 6) is 0.654. The van der Waals surface area contributed by atoms with Gasteiger partial charge in [0.1, 0.15) is 5.82 Å². The molecule has 5 nitrogen and oxygen atoms in total. The van der Waals surface area contributed by atoms with Gasteiger partial charge in [-0.25, -0.2) is 13.4 Å². The maximum absolute atomic E-state index is 12.2. The van der Waals surface area contributed by atoms with Crippen molar-refractivity contribution < 1.29 is 8.42 Å². The number of sulfonamides is 1. The van der Waals surface area contributed by atoms with E-state index in [0.717, 1.165) is 4.47 Å². The predicted molar refractivity (Wildman–Crippen MR) is 87.9 cm³/mol. The van der Waals surface area contributed by atoms with Crippen LogP contribution in [0.4, 0.5) is 11.5 Å². The Balaban J connectivity index is 2.13. The zero-order valence-corrected chi connectivity index (χ0v) is 13.5. The standard InChI is InChI=1S/C14H14BrN3O2S/c1-2-9-16-14-8-5-12(10-17-14)18-21(19,20)13-6-3-11(15)4-7-13/h2-8,10,18H,1,9H2,(H,16,17). The van der Waals surface area contributed by atoms with Crippen LogP contribution in [0.1, 0.15) is 0 Å². The summed E-state index contributed by atoms with van der Waals surface area (Å²) >= 11 is 3.27. The second kappa shape index (κ2) is 6.73. The van der Waals surface area contributed by atoms with Gasteiger partial charge < -0.3 is 5.32 Å². The van der Waals surface area contributed by atoms with Crippen molar-refractivity contribution in [3.05, 3.63) is 59.7 Å². The first-order valence-corrected chi connectivity index (χ1v) is 8.38. The largest absolute Gasteiger partial charge is 0.367 e. The van der Waals surface area contributed by atoms with E-state index in [0.29, 0.717) is 18.1 Å². The molecule has 2 N–H and O–H groups in total. The molecule has 2 aromatic rings. The van der Waals surface area contributed by atoms with Crippen molar-refractivity contribution in [3.8, 4) is 0 Å². The molecule has 0 radical (unpaired) electrons. The summed E-state index contributed by atoms with van der Waals surface area (Å²) in [7, 11) is -3.61. The molecule has 0 aliphatic rings. The van der Waals surface area contributed by atoms with Crippen molar-refractivity contribution >= 4 is 37.5 Å². The molecule has 0 fully saturated rings. The van der Waals surface area contributed by atoms with Crippen LogP contribution in [0.5, 0.6) is 0 Å². The highest BCUT2D eigenvalue weighted by molar-refractivity contribution is 9.10. The van der Waals surface area contributed by atoms with Crippen LogP contribution >= 0.6 is 15.9 Å². The highest BCUT2D eigenvalue weighted by Crippen LogP contribution is 2.18. The first-order chi connectivity index (χ1) is 10.0. The third-order valence-corrected chi connectivity index (χ3v) is 4.49. The van der Waals surface area contributed by atoms with Gasteiger partial charge in [-0.1, -0.05) is 22.0 Å². The molecule has 7 heteroatoms. The summed E-state index contributed by atoms with van der Waals surface area (Å²) in [6.07, 6.45) is 3.17. The van der Waals surface area contributed by atoms with Crippen molar-refractivity contribution in [3.63, 3.8) is 0 Å². The molecule has 0 aliphatic heterocycles. The molecule has 0 atom stereocenters. The third kappa shape index (κ3) is 4.30. The number of halogens is 1. The fourth-order valence-electron chi connectivity index (χ4n) is 1.56. The number of pyridine rings is 1. The molecule has 0 spiro atoms. The lowest BCUT2D eigenvalue weighted by Gasteiger charge is -2.09. The summed E-state index contributed by atoms with van der Waals surface area (Å²) < 4.78 is 27.7. The van der Waals surface area contributed by atoms with E-state index in [-0.39, 0.29) is 4.90 Å². The number of aromatic nitrogens is 1. The van der Waals surface area contributed by atoms with Gasteiger partial charge in [-0.15, -0.1) is 6.58 Å². The first kappa shape index (κ1) is 15.5. The molecule has 0 amide bonds. The lowest BCUT2D eigenvalue weighted by atomic mass is 10.4. The number of nitrogens with zero attached hydrogens (tertiary/aromatic N) is 1. The van der Waals surface area contributed by atoms with Gasteiger partial charge in [-0.2, -0.15) is 0 Å². The van der Waals surface area contributed by atoms with Gasteiger partial charge in [0.05, 0.1) is 16.8 Å². The molecule has 2 rings (SSSR count). The van der Waals surface area contributed by atoms with E-state index in [1.165, 1.54) is 18.3 Å². The molecule has 1 aromatic carbocycles. The number of rotatable bonds is 6. The quantitative estimate of drug-likeness (QED) is 0.768. The van der Waals surface area contributed by atoms with Crippen molar-refractivity contribution in [2.24, 2.45) is 0 Å². The molecule has 0 aliphatic carbocycles. The molecular formula is C14H14BrN3O2S. The number of benzene rings is 1. The SMILES string of the molecule is C=CCNc1ccc(NS(=O)(=O)c2ccc(Br)cc2)cn1. The van der Waals surface area contributed by atoms with Gasteiger partial charge in [0, 0.05) is 11.0 Å². The fraction of sp³-hybridized carbons (Fsp3) is 0.0714. The zero-order chi connectivity index (χ0) is 15.3. The second-order valence-electron chi connectivity index (χ2n) is 4.16. The van der Waals surface area contributed by atoms with Crippen LogP contribution in [0, 0.1) is 0 Å². The van der Waals surface area contributed by atoms with E-state index < -0.39 is 10.0 Å². The normalized spacial score (nSPS) is 10.9. The van der Waals surface area contributed by atoms with Crippen molar-refractivity contribution in [1.82, 2.24) is 4.98 Å². The van der Waals surface area contributed by atoms with E-state index in [1.807, 2.05) is 0 Å². The number of anilines is 2. The molecule has 1 aromatic heterocycles. The minimum atomic E-state index is -3.61. The smallest absolute Gasteiger partial charge is 0.261 e. The Labute approximate surface area is 132 Å². The Morgan fingerprint density at radius 2 is 1.90 bits per heavy atom. The van der Waals surface area contributed by atoms with Crippen LogP contribution < -0.4 is 10.0 Å². The van der Waals surface area contributed by atoms with Crippen LogP contribution in [-0.2, 0) is 10.0 Å². The van der Waals surface area contributed by atoms with Gasteiger partial charge in [0.2, 0.25) is 0 Å². The van der Waals surface area contributed by atoms with Crippen molar-refractivity contribution in [2.45, 2.75) is 4.90 Å². The van der Waals surface area contributed by atoms with Crippen molar-refractivity contribution in [1.29, 1.82) is 0 Å². The van der Waals surface area contributed by atoms with Crippen LogP contribution in [0.3, 0.4) is 0 Å². The molecule has 21 heavy (non-hydrogen) atoms. The van der Waals surface area contributed by atoms with Gasteiger partial charge >= 0.3 is 0 Å². The monoisotopic (exact) mass is 367 g/mol. The van der Waals surface area contributed by atoms with Gasteiger partial charge in [0.25, 0.3) is 10.0 Å². The number of hydrogen-bond donors (Lipinski definition) is 2. The van der Waals surface area contributed by atoms with Crippen LogP contribution in [0.15, 0.2) is 64.6 Å². The lowest BCUT2D eigenvalue weighted by Crippen LogP contribution is -2.13. The molecule has 0 saturated heterocycles. The van der Waals surface area contributed by atoms with Crippen molar-refractivity contribution in [2.75, 3.05) is 16.6 Å². The van der Waals surface area contributed by atoms with Gasteiger partial charge in [-0.05, 0) is 36.4 Å². The second-order valence-corrected chi connectivity index (χ2v) is 6.76. The van der Waals surface area contributed by atoms with Crippen LogP contribution in [-0.4, -0.2) is 19.9 Å². The third-order valence-electron chi connectivity index (χ3n) is 2.57. The Morgan fingerprint density at radius 1 is 1.19 bits per heavy atom. The number of hydrogen-bond acceptors (Lipinski definition) is 4. The minimum Gasteiger partial charge on any atom is -0.367 e. The summed E-state index contributed by atoms with van der Waals surface area (Å²) in [4.78, 5) is 4.31. The molecule has 0 saturated carbocycles. The maximum Gasteiger partial charge on any atom is 0.261 e. The summed E-state index contributed by atoms with van der Waals surface area (Å²) in [6.45, 7) is 4.19. The van der Waals surface area contributed by atoms with E-state index in [4.69, 9.17) is 0 Å². The Kier molecular flexibility index (Phi) is 4.98. The fourth-order valence-corrected chi connectivity index (χ4v) is 2.87. The highest BCUT2D eigenvalue weighted by atomic mass is 79.9. The van der Waals surface area contributed by atoms with E-state index in [2.05, 4.69) is 37.5 Å². The molecular weight excluding hydrogens is 354 g/mol. The van der Waals surface area contributed by atoms with E-state index in [9.17, 15) is 8.42 Å². The number of nitrogens with one attached hydrogen (secondary N) is 2. The predicted octanol–water partition coefficient (Wildman–Crippen LogP) is 3.24. The summed E-state index contributed by atoms with van der Waals surface area (Å²) in [5.41, 5.74) is 0.405. The Morgan fingerprint density at radius 3 is 2.48 bits per heavy atom. The highest BCUT2D eigenvalue weighted by Gasteiger charge is 2.13. The van der Waals surface area contributed by atoms with Gasteiger partial charge in [0.15, 0.2) is 0 Å². The topological polar surface area (TPSA) is 71.1 Å². The molecule has 0 bridgehead atoms. The zero-order valence-electron chi connectivity index (χ0n) is 11.1. The maximum atomic E-state index is 12.2. The molecule has 1 heterocycles. The van der Waals surface area contributed by atoms with E-state index in [1.54, 1.807) is 30.3 Å². The average molecular weight is 368 g/mol. The van der Waals surface area contributed by atoms with Crippen LogP contribution in [0.2, 0.25) is 0 Å². The van der Waals surface area contributed by atoms with Crippen LogP contribution in [0.25, 0.3) is 0 Å². The summed E-state index contributed by atoms with van der Waals surface area (Å²) in [6, 6.07) is 9.75. The lowest BCUT2D eigenvalue weighted by molar-refractivity contribution is 0.601. The Bertz CT molecular complexity index is 713. The molecule has 110 valence electrons. The van der Waals surface area contributed by atoms with Gasteiger partial charge in [-0.3, -0.25) is 4.72 Å². The molecule has 0 unspecified atom stereocenters.